The molecule has 0 atom stereocenters. The van der Waals surface area contributed by atoms with E-state index in [0.29, 0.717) is 11.5 Å². The topological polar surface area (TPSA) is 66.4 Å². The fourth-order valence-electron chi connectivity index (χ4n) is 2.73. The minimum Gasteiger partial charge on any atom is -0.744 e. The Balaban J connectivity index is 0.00000338. The van der Waals surface area contributed by atoms with Gasteiger partial charge in [-0.3, -0.25) is 0 Å². The van der Waals surface area contributed by atoms with Gasteiger partial charge >= 0.3 is 51.4 Å². The van der Waals surface area contributed by atoms with Gasteiger partial charge in [-0.25, -0.2) is 8.42 Å². The fourth-order valence-corrected chi connectivity index (χ4v) is 3.23. The molecule has 0 radical (unpaired) electrons. The molecule has 0 aliphatic carbocycles. The van der Waals surface area contributed by atoms with Crippen LogP contribution in [0, 0.1) is 0 Å². The first-order valence-electron chi connectivity index (χ1n) is 8.82. The predicted octanol–water partition coefficient (Wildman–Crippen LogP) is 2.29. The van der Waals surface area contributed by atoms with Crippen LogP contribution in [0.3, 0.4) is 0 Å². The van der Waals surface area contributed by atoms with Crippen molar-refractivity contribution >= 4 is 10.1 Å². The molecule has 0 saturated carbocycles. The van der Waals surface area contributed by atoms with Gasteiger partial charge in [-0.1, -0.05) is 63.3 Å². The van der Waals surface area contributed by atoms with Crippen LogP contribution in [0.15, 0.2) is 53.4 Å². The third-order valence-electron chi connectivity index (χ3n) is 4.09. The van der Waals surface area contributed by atoms with Gasteiger partial charge in [0.05, 0.1) is 4.90 Å². The molecule has 0 amide bonds. The molecule has 4 nitrogen and oxygen atoms in total. The Morgan fingerprint density at radius 2 is 1.62 bits per heavy atom. The van der Waals surface area contributed by atoms with Gasteiger partial charge in [0.1, 0.15) is 21.6 Å². The Morgan fingerprint density at radius 3 is 2.35 bits per heavy atom. The summed E-state index contributed by atoms with van der Waals surface area (Å²) < 4.78 is 39.3. The van der Waals surface area contributed by atoms with Gasteiger partial charge in [-0.05, 0) is 42.7 Å². The molecular weight excluding hydrogens is 375 g/mol. The number of aryl methyl sites for hydroxylation is 1. The molecule has 26 heavy (non-hydrogen) atoms. The number of hydrogen-bond acceptors (Lipinski definition) is 4. The van der Waals surface area contributed by atoms with Crippen molar-refractivity contribution in [2.24, 2.45) is 0 Å². The Labute approximate surface area is 199 Å². The summed E-state index contributed by atoms with van der Waals surface area (Å²) in [7, 11) is -4.48. The summed E-state index contributed by atoms with van der Waals surface area (Å²) in [6, 6.07) is 13.4. The number of hydrogen-bond donors (Lipinski definition) is 0. The Hall–Kier alpha value is -0.214. The molecule has 0 aliphatic rings. The van der Waals surface area contributed by atoms with E-state index in [1.807, 2.05) is 24.3 Å². The van der Waals surface area contributed by atoms with Gasteiger partial charge in [0, 0.05) is 0 Å². The van der Waals surface area contributed by atoms with E-state index >= 15 is 0 Å². The average molecular weight is 401 g/mol. The zero-order valence-electron chi connectivity index (χ0n) is 15.6. The molecule has 0 aliphatic heterocycles. The van der Waals surface area contributed by atoms with Crippen molar-refractivity contribution in [3.8, 4) is 11.5 Å². The average Bonchev–Trinajstić information content (AvgIpc) is 2.59. The number of ether oxygens (including phenoxy) is 1. The van der Waals surface area contributed by atoms with Crippen LogP contribution in [0.2, 0.25) is 0 Å². The van der Waals surface area contributed by atoms with E-state index in [1.54, 1.807) is 6.07 Å². The normalized spacial score (nSPS) is 11.0. The fraction of sp³-hybridized carbons (Fsp3) is 0.400. The smallest absolute Gasteiger partial charge is 0.744 e. The minimum atomic E-state index is -4.48. The minimum absolute atomic E-state index is 0. The van der Waals surface area contributed by atoms with Gasteiger partial charge in [-0.2, -0.15) is 0 Å². The molecule has 6 heteroatoms. The van der Waals surface area contributed by atoms with E-state index in [9.17, 15) is 13.0 Å². The van der Waals surface area contributed by atoms with Crippen molar-refractivity contribution in [1.82, 2.24) is 0 Å². The SMILES string of the molecule is CCCCCCCCc1ccccc1Oc1cccc(S(=O)(=O)[O-])c1.[K+]. The third-order valence-corrected chi connectivity index (χ3v) is 4.93. The maximum absolute atomic E-state index is 11.1. The van der Waals surface area contributed by atoms with Crippen LogP contribution in [0.5, 0.6) is 11.5 Å². The molecule has 0 heterocycles. The van der Waals surface area contributed by atoms with Gasteiger partial charge in [0.2, 0.25) is 0 Å². The van der Waals surface area contributed by atoms with E-state index in [4.69, 9.17) is 4.74 Å². The second-order valence-corrected chi connectivity index (χ2v) is 7.54. The van der Waals surface area contributed by atoms with E-state index in [2.05, 4.69) is 6.92 Å². The number of para-hydroxylation sites is 1. The summed E-state index contributed by atoms with van der Waals surface area (Å²) in [6.07, 6.45) is 8.28. The molecule has 0 bridgehead atoms. The molecule has 0 unspecified atom stereocenters. The van der Waals surface area contributed by atoms with Crippen LogP contribution in [0.25, 0.3) is 0 Å². The van der Waals surface area contributed by atoms with Crippen molar-refractivity contribution in [2.75, 3.05) is 0 Å². The van der Waals surface area contributed by atoms with Crippen molar-refractivity contribution in [3.63, 3.8) is 0 Å². The quantitative estimate of drug-likeness (QED) is 0.349. The van der Waals surface area contributed by atoms with E-state index < -0.39 is 10.1 Å². The van der Waals surface area contributed by atoms with E-state index in [-0.39, 0.29) is 56.3 Å². The molecule has 0 saturated heterocycles. The van der Waals surface area contributed by atoms with Gasteiger partial charge < -0.3 is 9.29 Å². The summed E-state index contributed by atoms with van der Waals surface area (Å²) in [6.45, 7) is 2.21. The summed E-state index contributed by atoms with van der Waals surface area (Å²) in [4.78, 5) is -0.279. The van der Waals surface area contributed by atoms with Crippen molar-refractivity contribution in [3.05, 3.63) is 54.1 Å². The first-order valence-corrected chi connectivity index (χ1v) is 10.2. The van der Waals surface area contributed by atoms with E-state index in [0.717, 1.165) is 18.4 Å². The first kappa shape index (κ1) is 23.8. The first-order chi connectivity index (χ1) is 12.0. The number of benzene rings is 2. The summed E-state index contributed by atoms with van der Waals surface area (Å²) >= 11 is 0. The maximum atomic E-state index is 11.1. The molecule has 2 aromatic rings. The standard InChI is InChI=1S/C20H26O4S.K/c1-2-3-4-5-6-7-11-17-12-8-9-15-20(17)24-18-13-10-14-19(16-18)25(21,22)23;/h8-10,12-16H,2-7,11H2,1H3,(H,21,22,23);/q;+1/p-1. The van der Waals surface area contributed by atoms with Gasteiger partial charge in [0.25, 0.3) is 0 Å². The Morgan fingerprint density at radius 1 is 0.923 bits per heavy atom. The monoisotopic (exact) mass is 400 g/mol. The van der Waals surface area contributed by atoms with Gasteiger partial charge in [-0.15, -0.1) is 0 Å². The number of rotatable bonds is 10. The molecule has 0 spiro atoms. The molecule has 0 aromatic heterocycles. The molecule has 2 rings (SSSR count). The molecular formula is C20H25KO4S. The summed E-state index contributed by atoms with van der Waals surface area (Å²) in [5.41, 5.74) is 1.09. The van der Waals surface area contributed by atoms with Crippen LogP contribution in [0.1, 0.15) is 51.0 Å². The molecule has 0 N–H and O–H groups in total. The van der Waals surface area contributed by atoms with Crippen LogP contribution in [-0.2, 0) is 16.5 Å². The van der Waals surface area contributed by atoms with Crippen molar-refractivity contribution in [2.45, 2.75) is 56.8 Å². The number of unbranched alkanes of at least 4 members (excludes halogenated alkanes) is 5. The largest absolute Gasteiger partial charge is 1.00 e. The molecule has 0 fully saturated rings. The maximum Gasteiger partial charge on any atom is 1.00 e. The second-order valence-electron chi connectivity index (χ2n) is 6.16. The van der Waals surface area contributed by atoms with Crippen LogP contribution < -0.4 is 56.1 Å². The Bertz CT molecular complexity index is 775. The van der Waals surface area contributed by atoms with Crippen LogP contribution in [-0.4, -0.2) is 13.0 Å². The molecule has 136 valence electrons. The Kier molecular flexibility index (Phi) is 11.3. The zero-order valence-corrected chi connectivity index (χ0v) is 19.5. The zero-order chi connectivity index (χ0) is 18.1. The van der Waals surface area contributed by atoms with Gasteiger partial charge in [0.15, 0.2) is 0 Å². The predicted molar refractivity (Wildman–Crippen MR) is 98.0 cm³/mol. The van der Waals surface area contributed by atoms with Crippen LogP contribution >= 0.6 is 0 Å². The van der Waals surface area contributed by atoms with Crippen LogP contribution in [0.4, 0.5) is 0 Å². The van der Waals surface area contributed by atoms with Crippen molar-refractivity contribution in [1.29, 1.82) is 0 Å². The van der Waals surface area contributed by atoms with Crippen molar-refractivity contribution < 1.29 is 69.1 Å². The third kappa shape index (κ3) is 8.21. The summed E-state index contributed by atoms with van der Waals surface area (Å²) in [5, 5.41) is 0. The van der Waals surface area contributed by atoms with E-state index in [1.165, 1.54) is 50.3 Å². The second kappa shape index (κ2) is 12.3. The summed E-state index contributed by atoms with van der Waals surface area (Å²) in [5.74, 6) is 1.06. The molecule has 2 aromatic carbocycles.